The Kier molecular flexibility index (Phi) is 3.69. The van der Waals surface area contributed by atoms with Crippen LogP contribution in [-0.2, 0) is 4.74 Å². The zero-order chi connectivity index (χ0) is 15.5. The molecule has 7 heteroatoms. The molecule has 3 heterocycles. The highest BCUT2D eigenvalue weighted by molar-refractivity contribution is 6.02. The van der Waals surface area contributed by atoms with Crippen molar-refractivity contribution in [3.05, 3.63) is 42.4 Å². The molecule has 0 saturated carbocycles. The van der Waals surface area contributed by atoms with Crippen LogP contribution in [0.5, 0.6) is 5.88 Å². The van der Waals surface area contributed by atoms with E-state index in [4.69, 9.17) is 9.47 Å². The molecule has 0 unspecified atom stereocenters. The van der Waals surface area contributed by atoms with Gasteiger partial charge in [-0.2, -0.15) is 5.10 Å². The first-order chi connectivity index (χ1) is 10.7. The van der Waals surface area contributed by atoms with E-state index in [1.165, 1.54) is 0 Å². The monoisotopic (exact) mass is 298 g/mol. The third-order valence-corrected chi connectivity index (χ3v) is 3.09. The van der Waals surface area contributed by atoms with Gasteiger partial charge < -0.3 is 9.47 Å². The average molecular weight is 298 g/mol. The number of nitrogens with zero attached hydrogens (tertiary/aromatic N) is 4. The van der Waals surface area contributed by atoms with Crippen LogP contribution in [0.25, 0.3) is 16.9 Å². The number of carbonyl (C=O) groups is 1. The minimum Gasteiger partial charge on any atom is -0.481 e. The van der Waals surface area contributed by atoms with Crippen molar-refractivity contribution in [3.8, 4) is 17.1 Å². The van der Waals surface area contributed by atoms with Crippen molar-refractivity contribution in [1.82, 2.24) is 19.6 Å². The Hall–Kier alpha value is -2.96. The van der Waals surface area contributed by atoms with E-state index in [0.29, 0.717) is 28.3 Å². The fourth-order valence-electron chi connectivity index (χ4n) is 2.12. The summed E-state index contributed by atoms with van der Waals surface area (Å²) in [5, 5.41) is 4.41. The maximum atomic E-state index is 12.3. The molecule has 0 spiro atoms. The Balaban J connectivity index is 2.18. The SMILES string of the molecule is CCOC(=O)c1c(-c2ccc(OC)nc2)nn2cccnc12. The summed E-state index contributed by atoms with van der Waals surface area (Å²) < 4.78 is 11.7. The van der Waals surface area contributed by atoms with Gasteiger partial charge in [-0.25, -0.2) is 19.3 Å². The van der Waals surface area contributed by atoms with Gasteiger partial charge in [0.25, 0.3) is 0 Å². The first-order valence-corrected chi connectivity index (χ1v) is 6.75. The summed E-state index contributed by atoms with van der Waals surface area (Å²) in [4.78, 5) is 20.6. The molecule has 22 heavy (non-hydrogen) atoms. The largest absolute Gasteiger partial charge is 0.481 e. The lowest BCUT2D eigenvalue weighted by atomic mass is 10.1. The summed E-state index contributed by atoms with van der Waals surface area (Å²) >= 11 is 0. The normalized spacial score (nSPS) is 10.6. The second-order valence-corrected chi connectivity index (χ2v) is 4.42. The molecule has 0 aliphatic rings. The minimum absolute atomic E-state index is 0.281. The first kappa shape index (κ1) is 14.0. The number of hydrogen-bond acceptors (Lipinski definition) is 6. The topological polar surface area (TPSA) is 78.6 Å². The lowest BCUT2D eigenvalue weighted by Gasteiger charge is -2.03. The average Bonchev–Trinajstić information content (AvgIpc) is 2.94. The molecule has 0 aliphatic heterocycles. The zero-order valence-electron chi connectivity index (χ0n) is 12.2. The van der Waals surface area contributed by atoms with Crippen LogP contribution >= 0.6 is 0 Å². The van der Waals surface area contributed by atoms with Crippen molar-refractivity contribution in [3.63, 3.8) is 0 Å². The predicted octanol–water partition coefficient (Wildman–Crippen LogP) is 1.98. The van der Waals surface area contributed by atoms with Crippen LogP contribution in [0.1, 0.15) is 17.3 Å². The van der Waals surface area contributed by atoms with Gasteiger partial charge in [-0.3, -0.25) is 0 Å². The van der Waals surface area contributed by atoms with Gasteiger partial charge in [-0.15, -0.1) is 0 Å². The first-order valence-electron chi connectivity index (χ1n) is 6.75. The summed E-state index contributed by atoms with van der Waals surface area (Å²) in [6, 6.07) is 5.24. The molecular weight excluding hydrogens is 284 g/mol. The number of carbonyl (C=O) groups excluding carboxylic acids is 1. The van der Waals surface area contributed by atoms with E-state index in [1.54, 1.807) is 55.3 Å². The number of pyridine rings is 1. The molecule has 112 valence electrons. The van der Waals surface area contributed by atoms with Gasteiger partial charge in [0, 0.05) is 30.2 Å². The standard InChI is InChI=1S/C15H14N4O3/c1-3-22-15(20)12-13(10-5-6-11(21-2)17-9-10)18-19-8-4-7-16-14(12)19/h4-9H,3H2,1-2H3. The van der Waals surface area contributed by atoms with E-state index < -0.39 is 5.97 Å². The number of esters is 1. The van der Waals surface area contributed by atoms with E-state index in [9.17, 15) is 4.79 Å². The van der Waals surface area contributed by atoms with Crippen molar-refractivity contribution in [2.24, 2.45) is 0 Å². The van der Waals surface area contributed by atoms with Crippen molar-refractivity contribution < 1.29 is 14.3 Å². The van der Waals surface area contributed by atoms with Crippen LogP contribution in [0.3, 0.4) is 0 Å². The quantitative estimate of drug-likeness (QED) is 0.685. The Bertz CT molecular complexity index is 811. The molecule has 3 aromatic rings. The summed E-state index contributed by atoms with van der Waals surface area (Å²) in [6.45, 7) is 2.04. The molecule has 7 nitrogen and oxygen atoms in total. The van der Waals surface area contributed by atoms with Crippen LogP contribution in [0.2, 0.25) is 0 Å². The number of aromatic nitrogens is 4. The maximum absolute atomic E-state index is 12.3. The molecular formula is C15H14N4O3. The smallest absolute Gasteiger partial charge is 0.344 e. The van der Waals surface area contributed by atoms with Gasteiger partial charge in [0.05, 0.1) is 13.7 Å². The van der Waals surface area contributed by atoms with Gasteiger partial charge in [-0.1, -0.05) is 0 Å². The summed E-state index contributed by atoms with van der Waals surface area (Å²) in [5.41, 5.74) is 1.95. The van der Waals surface area contributed by atoms with Gasteiger partial charge in [0.2, 0.25) is 5.88 Å². The second kappa shape index (κ2) is 5.80. The molecule has 0 aromatic carbocycles. The van der Waals surface area contributed by atoms with Crippen LogP contribution in [-0.4, -0.2) is 39.3 Å². The van der Waals surface area contributed by atoms with Crippen molar-refractivity contribution in [2.45, 2.75) is 6.92 Å². The molecule has 0 bridgehead atoms. The third kappa shape index (κ3) is 2.37. The van der Waals surface area contributed by atoms with Crippen LogP contribution < -0.4 is 4.74 Å². The minimum atomic E-state index is -0.456. The van der Waals surface area contributed by atoms with Gasteiger partial charge in [0.1, 0.15) is 11.3 Å². The Morgan fingerprint density at radius 1 is 1.32 bits per heavy atom. The highest BCUT2D eigenvalue weighted by Gasteiger charge is 2.23. The number of ether oxygens (including phenoxy) is 2. The summed E-state index contributed by atoms with van der Waals surface area (Å²) in [6.07, 6.45) is 4.94. The molecule has 0 atom stereocenters. The fourth-order valence-corrected chi connectivity index (χ4v) is 2.12. The zero-order valence-corrected chi connectivity index (χ0v) is 12.2. The van der Waals surface area contributed by atoms with E-state index in [-0.39, 0.29) is 6.61 Å². The number of hydrogen-bond donors (Lipinski definition) is 0. The molecule has 0 fully saturated rings. The van der Waals surface area contributed by atoms with Crippen molar-refractivity contribution in [2.75, 3.05) is 13.7 Å². The molecule has 0 saturated heterocycles. The summed E-state index contributed by atoms with van der Waals surface area (Å²) in [5.74, 6) is 0.0327. The Morgan fingerprint density at radius 2 is 2.18 bits per heavy atom. The van der Waals surface area contributed by atoms with E-state index in [2.05, 4.69) is 15.1 Å². The number of methoxy groups -OCH3 is 1. The second-order valence-electron chi connectivity index (χ2n) is 4.42. The third-order valence-electron chi connectivity index (χ3n) is 3.09. The van der Waals surface area contributed by atoms with Gasteiger partial charge in [0.15, 0.2) is 5.65 Å². The highest BCUT2D eigenvalue weighted by Crippen LogP contribution is 2.26. The molecule has 0 aliphatic carbocycles. The van der Waals surface area contributed by atoms with E-state index >= 15 is 0 Å². The van der Waals surface area contributed by atoms with Crippen molar-refractivity contribution in [1.29, 1.82) is 0 Å². The van der Waals surface area contributed by atoms with Crippen LogP contribution in [0.4, 0.5) is 0 Å². The number of fused-ring (bicyclic) bond motifs is 1. The summed E-state index contributed by atoms with van der Waals surface area (Å²) in [7, 11) is 1.54. The van der Waals surface area contributed by atoms with E-state index in [1.807, 2.05) is 0 Å². The lowest BCUT2D eigenvalue weighted by molar-refractivity contribution is 0.0529. The molecule has 3 rings (SSSR count). The Morgan fingerprint density at radius 3 is 2.86 bits per heavy atom. The fraction of sp³-hybridized carbons (Fsp3) is 0.200. The predicted molar refractivity (Wildman–Crippen MR) is 78.7 cm³/mol. The molecule has 0 radical (unpaired) electrons. The van der Waals surface area contributed by atoms with Crippen LogP contribution in [0.15, 0.2) is 36.8 Å². The molecule has 3 aromatic heterocycles. The van der Waals surface area contributed by atoms with Crippen molar-refractivity contribution >= 4 is 11.6 Å². The lowest BCUT2D eigenvalue weighted by Crippen LogP contribution is -2.06. The van der Waals surface area contributed by atoms with Gasteiger partial charge in [-0.05, 0) is 19.1 Å². The molecule has 0 N–H and O–H groups in total. The number of rotatable bonds is 4. The highest BCUT2D eigenvalue weighted by atomic mass is 16.5. The maximum Gasteiger partial charge on any atom is 0.344 e. The van der Waals surface area contributed by atoms with E-state index in [0.717, 1.165) is 0 Å². The van der Waals surface area contributed by atoms with Crippen LogP contribution in [0, 0.1) is 0 Å². The molecule has 0 amide bonds. The Labute approximate surface area is 126 Å². The van der Waals surface area contributed by atoms with Gasteiger partial charge >= 0.3 is 5.97 Å².